The van der Waals surface area contributed by atoms with Gasteiger partial charge in [0.2, 0.25) is 0 Å². The van der Waals surface area contributed by atoms with Gasteiger partial charge in [0.05, 0.1) is 16.6 Å². The zero-order chi connectivity index (χ0) is 19.8. The maximum Gasteiger partial charge on any atom is 0.194 e. The van der Waals surface area contributed by atoms with Crippen molar-refractivity contribution >= 4 is 34.0 Å². The van der Waals surface area contributed by atoms with Crippen molar-refractivity contribution in [2.24, 2.45) is 0 Å². The lowest BCUT2D eigenvalue weighted by molar-refractivity contribution is 0.627. The Kier molecular flexibility index (Phi) is 4.57. The molecule has 4 nitrogen and oxygen atoms in total. The molecule has 0 unspecified atom stereocenters. The van der Waals surface area contributed by atoms with Crippen LogP contribution in [0.15, 0.2) is 65.5 Å². The monoisotopic (exact) mass is 397 g/mol. The Labute approximate surface area is 164 Å². The molecule has 0 amide bonds. The number of rotatable bonds is 3. The zero-order valence-electron chi connectivity index (χ0n) is 14.7. The lowest BCUT2D eigenvalue weighted by atomic mass is 10.2. The van der Waals surface area contributed by atoms with Crippen LogP contribution in [0.5, 0.6) is 0 Å². The van der Waals surface area contributed by atoms with Gasteiger partial charge in [0.15, 0.2) is 5.43 Å². The Bertz CT molecular complexity index is 1270. The van der Waals surface area contributed by atoms with E-state index in [0.717, 1.165) is 0 Å². The van der Waals surface area contributed by atoms with Gasteiger partial charge in [0, 0.05) is 17.4 Å². The Morgan fingerprint density at radius 1 is 1.00 bits per heavy atom. The van der Waals surface area contributed by atoms with E-state index in [1.807, 2.05) is 0 Å². The summed E-state index contributed by atoms with van der Waals surface area (Å²) in [5, 5.41) is 3.34. The zero-order valence-corrected chi connectivity index (χ0v) is 15.5. The number of benzene rings is 2. The molecule has 2 aromatic carbocycles. The van der Waals surface area contributed by atoms with E-state index in [4.69, 9.17) is 11.6 Å². The summed E-state index contributed by atoms with van der Waals surface area (Å²) in [7, 11) is 0. The molecule has 0 saturated carbocycles. The number of nitrogens with zero attached hydrogens (tertiary/aromatic N) is 2. The highest BCUT2D eigenvalue weighted by molar-refractivity contribution is 6.34. The molecule has 0 fully saturated rings. The maximum atomic E-state index is 13.9. The van der Waals surface area contributed by atoms with Crippen LogP contribution < -0.4 is 10.7 Å². The summed E-state index contributed by atoms with van der Waals surface area (Å²) in [4.78, 5) is 16.9. The quantitative estimate of drug-likeness (QED) is 0.473. The molecule has 7 heteroatoms. The van der Waals surface area contributed by atoms with E-state index in [-0.39, 0.29) is 16.0 Å². The van der Waals surface area contributed by atoms with Crippen molar-refractivity contribution in [1.29, 1.82) is 0 Å². The third-order valence-corrected chi connectivity index (χ3v) is 4.52. The van der Waals surface area contributed by atoms with Crippen LogP contribution in [0.1, 0.15) is 5.69 Å². The Morgan fingerprint density at radius 3 is 2.43 bits per heavy atom. The normalized spacial score (nSPS) is 11.0. The Morgan fingerprint density at radius 2 is 1.71 bits per heavy atom. The minimum Gasteiger partial charge on any atom is -0.341 e. The van der Waals surface area contributed by atoms with Gasteiger partial charge in [0.1, 0.15) is 22.6 Å². The molecular weight excluding hydrogens is 384 g/mol. The number of halogens is 3. The molecule has 2 heterocycles. The molecule has 0 aliphatic heterocycles. The number of nitrogens with one attached hydrogen (secondary N) is 1. The van der Waals surface area contributed by atoms with Crippen LogP contribution in [0.3, 0.4) is 0 Å². The molecule has 0 radical (unpaired) electrons. The third-order valence-electron chi connectivity index (χ3n) is 4.24. The standard InChI is InChI=1S/C21H14ClF2N3O/c1-12-8-17-20(21(22)25-12)18(28)11-19(26-15-6-2-4-13(23)9-15)27(17)16-7-3-5-14(24)10-16/h2-11,26H,1H3. The highest BCUT2D eigenvalue weighted by Gasteiger charge is 2.16. The van der Waals surface area contributed by atoms with Gasteiger partial charge in [0.25, 0.3) is 0 Å². The lowest BCUT2D eigenvalue weighted by Crippen LogP contribution is -2.14. The van der Waals surface area contributed by atoms with E-state index in [1.54, 1.807) is 41.8 Å². The SMILES string of the molecule is Cc1cc2c(c(Cl)n1)c(=O)cc(Nc1cccc(F)c1)n2-c1cccc(F)c1. The number of hydrogen-bond acceptors (Lipinski definition) is 3. The van der Waals surface area contributed by atoms with Crippen molar-refractivity contribution in [3.63, 3.8) is 0 Å². The van der Waals surface area contributed by atoms with Gasteiger partial charge >= 0.3 is 0 Å². The summed E-state index contributed by atoms with van der Waals surface area (Å²) in [5.41, 5.74) is 1.64. The van der Waals surface area contributed by atoms with Crippen LogP contribution in [0.4, 0.5) is 20.3 Å². The van der Waals surface area contributed by atoms with Crippen molar-refractivity contribution < 1.29 is 8.78 Å². The van der Waals surface area contributed by atoms with Crippen molar-refractivity contribution in [2.45, 2.75) is 6.92 Å². The molecule has 0 aliphatic carbocycles. The number of aromatic nitrogens is 2. The average Bonchev–Trinajstić information content (AvgIpc) is 2.61. The van der Waals surface area contributed by atoms with Crippen LogP contribution in [0.2, 0.25) is 5.15 Å². The maximum absolute atomic E-state index is 13.9. The molecule has 0 aliphatic rings. The number of hydrogen-bond donors (Lipinski definition) is 1. The number of pyridine rings is 2. The first-order valence-electron chi connectivity index (χ1n) is 8.44. The van der Waals surface area contributed by atoms with Gasteiger partial charge < -0.3 is 5.32 Å². The highest BCUT2D eigenvalue weighted by atomic mass is 35.5. The summed E-state index contributed by atoms with van der Waals surface area (Å²) >= 11 is 6.22. The van der Waals surface area contributed by atoms with Crippen LogP contribution in [-0.2, 0) is 0 Å². The predicted molar refractivity (Wildman–Crippen MR) is 107 cm³/mol. The van der Waals surface area contributed by atoms with Crippen LogP contribution in [0, 0.1) is 18.6 Å². The van der Waals surface area contributed by atoms with Gasteiger partial charge in [-0.2, -0.15) is 0 Å². The Hall–Kier alpha value is -3.25. The summed E-state index contributed by atoms with van der Waals surface area (Å²) in [6, 6.07) is 14.8. The fraction of sp³-hybridized carbons (Fsp3) is 0.0476. The minimum atomic E-state index is -0.432. The summed E-state index contributed by atoms with van der Waals surface area (Å²) in [6.07, 6.45) is 0. The van der Waals surface area contributed by atoms with Gasteiger partial charge in [-0.3, -0.25) is 9.36 Å². The van der Waals surface area contributed by atoms with Crippen LogP contribution in [0.25, 0.3) is 16.6 Å². The van der Waals surface area contributed by atoms with E-state index < -0.39 is 11.6 Å². The fourth-order valence-corrected chi connectivity index (χ4v) is 3.44. The molecule has 2 aromatic heterocycles. The van der Waals surface area contributed by atoms with Crippen molar-refractivity contribution in [3.05, 3.63) is 93.4 Å². The van der Waals surface area contributed by atoms with E-state index in [1.165, 1.54) is 30.3 Å². The second kappa shape index (κ2) is 7.05. The number of fused-ring (bicyclic) bond motifs is 1. The molecule has 0 saturated heterocycles. The Balaban J connectivity index is 2.06. The summed E-state index contributed by atoms with van der Waals surface area (Å²) < 4.78 is 29.2. The summed E-state index contributed by atoms with van der Waals surface area (Å²) in [5.74, 6) is -0.512. The van der Waals surface area contributed by atoms with Crippen LogP contribution >= 0.6 is 11.6 Å². The van der Waals surface area contributed by atoms with Crippen molar-refractivity contribution in [1.82, 2.24) is 9.55 Å². The van der Waals surface area contributed by atoms with Gasteiger partial charge in [-0.1, -0.05) is 23.7 Å². The molecule has 0 spiro atoms. The van der Waals surface area contributed by atoms with Gasteiger partial charge in [-0.15, -0.1) is 0 Å². The van der Waals surface area contributed by atoms with Gasteiger partial charge in [-0.25, -0.2) is 13.8 Å². The van der Waals surface area contributed by atoms with Crippen molar-refractivity contribution in [2.75, 3.05) is 5.32 Å². The largest absolute Gasteiger partial charge is 0.341 e. The average molecular weight is 398 g/mol. The molecule has 4 aromatic rings. The smallest absolute Gasteiger partial charge is 0.194 e. The topological polar surface area (TPSA) is 46.9 Å². The van der Waals surface area contributed by atoms with Gasteiger partial charge in [-0.05, 0) is 49.4 Å². The molecule has 0 bridgehead atoms. The molecule has 28 heavy (non-hydrogen) atoms. The highest BCUT2D eigenvalue weighted by Crippen LogP contribution is 2.28. The first-order chi connectivity index (χ1) is 13.4. The first-order valence-corrected chi connectivity index (χ1v) is 8.81. The molecule has 0 atom stereocenters. The second-order valence-corrected chi connectivity index (χ2v) is 6.65. The number of aryl methyl sites for hydroxylation is 1. The predicted octanol–water partition coefficient (Wildman–Crippen LogP) is 5.37. The number of anilines is 2. The molecule has 4 rings (SSSR count). The van der Waals surface area contributed by atoms with E-state index in [9.17, 15) is 13.6 Å². The van der Waals surface area contributed by atoms with Crippen LogP contribution in [-0.4, -0.2) is 9.55 Å². The van der Waals surface area contributed by atoms with E-state index in [0.29, 0.717) is 28.4 Å². The molecule has 1 N–H and O–H groups in total. The lowest BCUT2D eigenvalue weighted by Gasteiger charge is -2.19. The second-order valence-electron chi connectivity index (χ2n) is 6.29. The first kappa shape index (κ1) is 18.1. The fourth-order valence-electron chi connectivity index (χ4n) is 3.11. The van der Waals surface area contributed by atoms with E-state index in [2.05, 4.69) is 10.3 Å². The van der Waals surface area contributed by atoms with Crippen molar-refractivity contribution in [3.8, 4) is 5.69 Å². The molecular formula is C21H14ClF2N3O. The minimum absolute atomic E-state index is 0.0717. The molecule has 140 valence electrons. The van der Waals surface area contributed by atoms with E-state index >= 15 is 0 Å². The third kappa shape index (κ3) is 3.34. The summed E-state index contributed by atoms with van der Waals surface area (Å²) in [6.45, 7) is 1.75.